The van der Waals surface area contributed by atoms with Gasteiger partial charge >= 0.3 is 0 Å². The van der Waals surface area contributed by atoms with Crippen LogP contribution in [-0.4, -0.2) is 29.2 Å². The number of rotatable bonds is 2. The van der Waals surface area contributed by atoms with Crippen LogP contribution in [0, 0.1) is 0 Å². The zero-order valence-electron chi connectivity index (χ0n) is 6.96. The minimum absolute atomic E-state index is 0.109. The standard InChI is InChI=1S/C8H13NO2/c1-3-9-7(6(2)10)4-5-8(9)11/h7H,3-5H2,1-2H3. The van der Waals surface area contributed by atoms with Crippen LogP contribution in [0.3, 0.4) is 0 Å². The lowest BCUT2D eigenvalue weighted by Crippen LogP contribution is -2.37. The van der Waals surface area contributed by atoms with Gasteiger partial charge in [-0.15, -0.1) is 0 Å². The Balaban J connectivity index is 2.68. The van der Waals surface area contributed by atoms with E-state index in [4.69, 9.17) is 0 Å². The highest BCUT2D eigenvalue weighted by Gasteiger charge is 2.32. The van der Waals surface area contributed by atoms with Crippen molar-refractivity contribution >= 4 is 11.7 Å². The molecule has 0 aromatic rings. The molecule has 1 unspecified atom stereocenters. The van der Waals surface area contributed by atoms with E-state index in [9.17, 15) is 9.59 Å². The van der Waals surface area contributed by atoms with Crippen LogP contribution in [0.1, 0.15) is 26.7 Å². The highest BCUT2D eigenvalue weighted by Crippen LogP contribution is 2.18. The maximum Gasteiger partial charge on any atom is 0.223 e. The maximum atomic E-state index is 11.1. The molecule has 1 fully saturated rings. The van der Waals surface area contributed by atoms with Gasteiger partial charge in [0, 0.05) is 13.0 Å². The van der Waals surface area contributed by atoms with E-state index < -0.39 is 0 Å². The number of carbonyl (C=O) groups is 2. The van der Waals surface area contributed by atoms with Crippen LogP contribution in [0.2, 0.25) is 0 Å². The Morgan fingerprint density at radius 2 is 2.36 bits per heavy atom. The predicted octanol–water partition coefficient (Wildman–Crippen LogP) is 0.586. The molecule has 0 spiro atoms. The van der Waals surface area contributed by atoms with Crippen LogP contribution in [0.4, 0.5) is 0 Å². The predicted molar refractivity (Wildman–Crippen MR) is 41.1 cm³/mol. The number of hydrogen-bond acceptors (Lipinski definition) is 2. The monoisotopic (exact) mass is 155 g/mol. The van der Waals surface area contributed by atoms with Gasteiger partial charge < -0.3 is 4.90 Å². The molecule has 1 atom stereocenters. The lowest BCUT2D eigenvalue weighted by molar-refractivity contribution is -0.133. The summed E-state index contributed by atoms with van der Waals surface area (Å²) in [4.78, 5) is 23.7. The summed E-state index contributed by atoms with van der Waals surface area (Å²) < 4.78 is 0. The molecule has 1 amide bonds. The largest absolute Gasteiger partial charge is 0.333 e. The van der Waals surface area contributed by atoms with Gasteiger partial charge in [-0.05, 0) is 20.3 Å². The summed E-state index contributed by atoms with van der Waals surface area (Å²) >= 11 is 0. The molecule has 62 valence electrons. The van der Waals surface area contributed by atoms with Crippen molar-refractivity contribution in [2.24, 2.45) is 0 Å². The first-order chi connectivity index (χ1) is 5.16. The Morgan fingerprint density at radius 1 is 1.73 bits per heavy atom. The summed E-state index contributed by atoms with van der Waals surface area (Å²) in [7, 11) is 0. The number of Topliss-reactive ketones (excluding diaryl/α,β-unsaturated/α-hetero) is 1. The molecule has 1 saturated heterocycles. The van der Waals surface area contributed by atoms with Gasteiger partial charge in [-0.25, -0.2) is 0 Å². The molecule has 11 heavy (non-hydrogen) atoms. The molecule has 0 saturated carbocycles. The Labute approximate surface area is 66.4 Å². The molecule has 0 aliphatic carbocycles. The van der Waals surface area contributed by atoms with Gasteiger partial charge in [0.15, 0.2) is 5.78 Å². The van der Waals surface area contributed by atoms with E-state index in [1.807, 2.05) is 6.92 Å². The van der Waals surface area contributed by atoms with E-state index >= 15 is 0 Å². The average Bonchev–Trinajstić information content (AvgIpc) is 2.30. The second kappa shape index (κ2) is 3.03. The minimum Gasteiger partial charge on any atom is -0.333 e. The van der Waals surface area contributed by atoms with Crippen molar-refractivity contribution in [2.45, 2.75) is 32.7 Å². The zero-order valence-corrected chi connectivity index (χ0v) is 6.96. The molecule has 3 nitrogen and oxygen atoms in total. The van der Waals surface area contributed by atoms with Crippen molar-refractivity contribution in [3.8, 4) is 0 Å². The third kappa shape index (κ3) is 1.42. The Hall–Kier alpha value is -0.860. The molecule has 0 radical (unpaired) electrons. The first kappa shape index (κ1) is 8.24. The van der Waals surface area contributed by atoms with Crippen molar-refractivity contribution in [3.63, 3.8) is 0 Å². The van der Waals surface area contributed by atoms with E-state index in [0.717, 1.165) is 0 Å². The smallest absolute Gasteiger partial charge is 0.223 e. The van der Waals surface area contributed by atoms with Crippen molar-refractivity contribution in [1.29, 1.82) is 0 Å². The van der Waals surface area contributed by atoms with Crippen LogP contribution >= 0.6 is 0 Å². The highest BCUT2D eigenvalue weighted by molar-refractivity contribution is 5.90. The fourth-order valence-corrected chi connectivity index (χ4v) is 1.55. The number of likely N-dealkylation sites (N-methyl/N-ethyl adjacent to an activating group) is 1. The van der Waals surface area contributed by atoms with E-state index in [2.05, 4.69) is 0 Å². The molecule has 1 heterocycles. The summed E-state index contributed by atoms with van der Waals surface area (Å²) in [6.07, 6.45) is 1.25. The topological polar surface area (TPSA) is 37.4 Å². The number of amides is 1. The Kier molecular flexibility index (Phi) is 2.27. The number of ketones is 1. The zero-order chi connectivity index (χ0) is 8.43. The summed E-state index contributed by atoms with van der Waals surface area (Å²) in [5.74, 6) is 0.227. The average molecular weight is 155 g/mol. The van der Waals surface area contributed by atoms with Crippen LogP contribution in [0.15, 0.2) is 0 Å². The molecule has 3 heteroatoms. The number of likely N-dealkylation sites (tertiary alicyclic amines) is 1. The van der Waals surface area contributed by atoms with Gasteiger partial charge in [0.2, 0.25) is 5.91 Å². The Morgan fingerprint density at radius 3 is 2.73 bits per heavy atom. The summed E-state index contributed by atoms with van der Waals surface area (Å²) in [5.41, 5.74) is 0. The summed E-state index contributed by atoms with van der Waals surface area (Å²) in [5, 5.41) is 0. The van der Waals surface area contributed by atoms with E-state index in [-0.39, 0.29) is 17.7 Å². The second-order valence-corrected chi connectivity index (χ2v) is 2.84. The van der Waals surface area contributed by atoms with Crippen molar-refractivity contribution in [3.05, 3.63) is 0 Å². The van der Waals surface area contributed by atoms with Crippen LogP contribution in [0.25, 0.3) is 0 Å². The van der Waals surface area contributed by atoms with Gasteiger partial charge in [0.25, 0.3) is 0 Å². The normalized spacial score (nSPS) is 24.4. The third-order valence-electron chi connectivity index (χ3n) is 2.14. The van der Waals surface area contributed by atoms with Crippen LogP contribution in [0.5, 0.6) is 0 Å². The number of nitrogens with zero attached hydrogens (tertiary/aromatic N) is 1. The first-order valence-electron chi connectivity index (χ1n) is 3.96. The Bertz CT molecular complexity index is 189. The van der Waals surface area contributed by atoms with Gasteiger partial charge in [-0.1, -0.05) is 0 Å². The number of carbonyl (C=O) groups excluding carboxylic acids is 2. The van der Waals surface area contributed by atoms with Gasteiger partial charge in [-0.2, -0.15) is 0 Å². The molecular formula is C8H13NO2. The molecule has 1 aliphatic heterocycles. The first-order valence-corrected chi connectivity index (χ1v) is 3.96. The highest BCUT2D eigenvalue weighted by atomic mass is 16.2. The second-order valence-electron chi connectivity index (χ2n) is 2.84. The van der Waals surface area contributed by atoms with Crippen LogP contribution < -0.4 is 0 Å². The van der Waals surface area contributed by atoms with Gasteiger partial charge in [-0.3, -0.25) is 9.59 Å². The van der Waals surface area contributed by atoms with E-state index in [1.54, 1.807) is 11.8 Å². The summed E-state index contributed by atoms with van der Waals surface area (Å²) in [6, 6.07) is -0.132. The SMILES string of the molecule is CCN1C(=O)CCC1C(C)=O. The molecule has 1 rings (SSSR count). The van der Waals surface area contributed by atoms with Gasteiger partial charge in [0.05, 0.1) is 6.04 Å². The van der Waals surface area contributed by atoms with Gasteiger partial charge in [0.1, 0.15) is 0 Å². The molecule has 0 aromatic heterocycles. The fraction of sp³-hybridized carbons (Fsp3) is 0.750. The quantitative estimate of drug-likeness (QED) is 0.585. The fourth-order valence-electron chi connectivity index (χ4n) is 1.55. The molecule has 0 N–H and O–H groups in total. The summed E-state index contributed by atoms with van der Waals surface area (Å²) in [6.45, 7) is 4.11. The minimum atomic E-state index is -0.132. The van der Waals surface area contributed by atoms with E-state index in [1.165, 1.54) is 0 Å². The maximum absolute atomic E-state index is 11.1. The van der Waals surface area contributed by atoms with Crippen LogP contribution in [-0.2, 0) is 9.59 Å². The van der Waals surface area contributed by atoms with Crippen molar-refractivity contribution < 1.29 is 9.59 Å². The van der Waals surface area contributed by atoms with E-state index in [0.29, 0.717) is 19.4 Å². The number of hydrogen-bond donors (Lipinski definition) is 0. The molecule has 0 aromatic carbocycles. The molecular weight excluding hydrogens is 142 g/mol. The molecule has 0 bridgehead atoms. The van der Waals surface area contributed by atoms with Crippen molar-refractivity contribution in [1.82, 2.24) is 4.90 Å². The third-order valence-corrected chi connectivity index (χ3v) is 2.14. The lowest BCUT2D eigenvalue weighted by Gasteiger charge is -2.20. The molecule has 1 aliphatic rings. The van der Waals surface area contributed by atoms with Crippen molar-refractivity contribution in [2.75, 3.05) is 6.54 Å². The lowest BCUT2D eigenvalue weighted by atomic mass is 10.1.